The maximum atomic E-state index is 12.8. The van der Waals surface area contributed by atoms with Crippen molar-refractivity contribution in [3.8, 4) is 0 Å². The molecule has 4 rings (SSSR count). The molecule has 0 aromatic heterocycles. The Balaban J connectivity index is 0.000000613. The Hall–Kier alpha value is -1.88. The molecule has 0 spiro atoms. The minimum atomic E-state index is 0.0498. The van der Waals surface area contributed by atoms with Crippen LogP contribution in [0.2, 0.25) is 0 Å². The Bertz CT molecular complexity index is 640. The van der Waals surface area contributed by atoms with E-state index in [2.05, 4.69) is 18.2 Å². The van der Waals surface area contributed by atoms with Gasteiger partial charge in [-0.2, -0.15) is 0 Å². The monoisotopic (exact) mass is 358 g/mol. The number of hydrogen-bond donors (Lipinski definition) is 1. The van der Waals surface area contributed by atoms with E-state index in [-0.39, 0.29) is 36.9 Å². The number of aliphatic hydroxyl groups excluding tert-OH is 1. The van der Waals surface area contributed by atoms with Crippen molar-refractivity contribution >= 4 is 11.8 Å². The standard InChI is InChI=1S/C19H24N2O2.C2H6O/c22-18-13-20(19(23)15-7-2-1-3-8-15)12-17-16-9-5-4-6-14(16)10-11-21(17)18;1-2-3/h4-6,9,15,17H,1-3,7-8,10-13H2;3H,2H2,1H3. The zero-order chi connectivity index (χ0) is 18.5. The van der Waals surface area contributed by atoms with Crippen molar-refractivity contribution in [1.82, 2.24) is 9.80 Å². The number of rotatable bonds is 1. The molecule has 1 N–H and O–H groups in total. The molecule has 2 amide bonds. The summed E-state index contributed by atoms with van der Waals surface area (Å²) in [6, 6.07) is 8.42. The molecule has 2 fully saturated rings. The zero-order valence-electron chi connectivity index (χ0n) is 15.7. The molecule has 5 nitrogen and oxygen atoms in total. The van der Waals surface area contributed by atoms with Gasteiger partial charge in [-0.1, -0.05) is 43.5 Å². The smallest absolute Gasteiger partial charge is 0.242 e. The Labute approximate surface area is 156 Å². The number of hydrogen-bond acceptors (Lipinski definition) is 3. The van der Waals surface area contributed by atoms with E-state index in [0.717, 1.165) is 38.6 Å². The van der Waals surface area contributed by atoms with Gasteiger partial charge in [0.15, 0.2) is 0 Å². The summed E-state index contributed by atoms with van der Waals surface area (Å²) in [5.41, 5.74) is 2.56. The minimum absolute atomic E-state index is 0.0498. The molecule has 5 heteroatoms. The maximum Gasteiger partial charge on any atom is 0.242 e. The predicted octanol–water partition coefficient (Wildman–Crippen LogP) is 2.53. The number of piperazine rings is 1. The van der Waals surface area contributed by atoms with Crippen LogP contribution in [0.5, 0.6) is 0 Å². The van der Waals surface area contributed by atoms with Crippen LogP contribution in [-0.2, 0) is 16.0 Å². The van der Waals surface area contributed by atoms with E-state index in [1.54, 1.807) is 6.92 Å². The van der Waals surface area contributed by atoms with E-state index in [4.69, 9.17) is 5.11 Å². The fraction of sp³-hybridized carbons (Fsp3) is 0.619. The molecular formula is C21H30N2O3. The molecule has 26 heavy (non-hydrogen) atoms. The van der Waals surface area contributed by atoms with E-state index in [1.807, 2.05) is 15.9 Å². The minimum Gasteiger partial charge on any atom is -0.397 e. The fourth-order valence-corrected chi connectivity index (χ4v) is 4.45. The SMILES string of the molecule is CCO.O=C(C1CCCCC1)N1CC(=O)N2CCc3ccccc3C2C1. The molecule has 1 atom stereocenters. The molecule has 1 saturated heterocycles. The summed E-state index contributed by atoms with van der Waals surface area (Å²) >= 11 is 0. The third kappa shape index (κ3) is 3.93. The summed E-state index contributed by atoms with van der Waals surface area (Å²) < 4.78 is 0. The molecule has 2 heterocycles. The molecule has 0 radical (unpaired) electrons. The van der Waals surface area contributed by atoms with Gasteiger partial charge in [-0.3, -0.25) is 9.59 Å². The molecule has 3 aliphatic rings. The van der Waals surface area contributed by atoms with Crippen molar-refractivity contribution in [3.63, 3.8) is 0 Å². The number of fused-ring (bicyclic) bond motifs is 3. The van der Waals surface area contributed by atoms with E-state index >= 15 is 0 Å². The lowest BCUT2D eigenvalue weighted by molar-refractivity contribution is -0.152. The second-order valence-corrected chi connectivity index (χ2v) is 7.42. The first-order valence-electron chi connectivity index (χ1n) is 9.92. The lowest BCUT2D eigenvalue weighted by Crippen LogP contribution is -2.56. The summed E-state index contributed by atoms with van der Waals surface area (Å²) in [6.45, 7) is 3.65. The summed E-state index contributed by atoms with van der Waals surface area (Å²) in [4.78, 5) is 29.2. The molecule has 1 aliphatic carbocycles. The van der Waals surface area contributed by atoms with Crippen molar-refractivity contribution in [3.05, 3.63) is 35.4 Å². The van der Waals surface area contributed by atoms with Gasteiger partial charge in [0.1, 0.15) is 0 Å². The fourth-order valence-electron chi connectivity index (χ4n) is 4.45. The number of amides is 2. The van der Waals surface area contributed by atoms with Crippen LogP contribution in [-0.4, -0.2) is 53.0 Å². The Morgan fingerprint density at radius 1 is 1.19 bits per heavy atom. The molecular weight excluding hydrogens is 328 g/mol. The Morgan fingerprint density at radius 3 is 2.62 bits per heavy atom. The van der Waals surface area contributed by atoms with Gasteiger partial charge in [-0.05, 0) is 37.3 Å². The van der Waals surface area contributed by atoms with Crippen LogP contribution in [0.3, 0.4) is 0 Å². The van der Waals surface area contributed by atoms with Crippen LogP contribution in [0.1, 0.15) is 56.2 Å². The van der Waals surface area contributed by atoms with Crippen molar-refractivity contribution in [2.24, 2.45) is 5.92 Å². The van der Waals surface area contributed by atoms with E-state index in [0.29, 0.717) is 6.54 Å². The first-order valence-corrected chi connectivity index (χ1v) is 9.92. The topological polar surface area (TPSA) is 60.9 Å². The van der Waals surface area contributed by atoms with Gasteiger partial charge in [-0.15, -0.1) is 0 Å². The molecule has 0 bridgehead atoms. The highest BCUT2D eigenvalue weighted by atomic mass is 16.2. The highest BCUT2D eigenvalue weighted by molar-refractivity contribution is 5.87. The van der Waals surface area contributed by atoms with E-state index in [1.165, 1.54) is 17.5 Å². The lowest BCUT2D eigenvalue weighted by atomic mass is 9.87. The van der Waals surface area contributed by atoms with Crippen LogP contribution in [0, 0.1) is 5.92 Å². The van der Waals surface area contributed by atoms with Crippen LogP contribution >= 0.6 is 0 Å². The number of benzene rings is 1. The summed E-state index contributed by atoms with van der Waals surface area (Å²) in [7, 11) is 0. The van der Waals surface area contributed by atoms with Gasteiger partial charge < -0.3 is 14.9 Å². The lowest BCUT2D eigenvalue weighted by Gasteiger charge is -2.45. The zero-order valence-corrected chi connectivity index (χ0v) is 15.7. The summed E-state index contributed by atoms with van der Waals surface area (Å²) in [5, 5.41) is 7.57. The van der Waals surface area contributed by atoms with E-state index < -0.39 is 0 Å². The number of carbonyl (C=O) groups excluding carboxylic acids is 2. The summed E-state index contributed by atoms with van der Waals surface area (Å²) in [6.07, 6.45) is 6.46. The van der Waals surface area contributed by atoms with Crippen LogP contribution in [0.4, 0.5) is 0 Å². The maximum absolute atomic E-state index is 12.8. The van der Waals surface area contributed by atoms with Gasteiger partial charge in [0.25, 0.3) is 0 Å². The largest absolute Gasteiger partial charge is 0.397 e. The van der Waals surface area contributed by atoms with E-state index in [9.17, 15) is 9.59 Å². The summed E-state index contributed by atoms with van der Waals surface area (Å²) in [5.74, 6) is 0.461. The quantitative estimate of drug-likeness (QED) is 0.839. The normalized spacial score (nSPS) is 22.8. The van der Waals surface area contributed by atoms with Gasteiger partial charge in [0, 0.05) is 25.6 Å². The number of carbonyl (C=O) groups is 2. The first-order chi connectivity index (χ1) is 12.7. The highest BCUT2D eigenvalue weighted by Gasteiger charge is 2.39. The number of nitrogens with zero attached hydrogens (tertiary/aromatic N) is 2. The van der Waals surface area contributed by atoms with Crippen LogP contribution < -0.4 is 0 Å². The Morgan fingerprint density at radius 2 is 1.88 bits per heavy atom. The molecule has 1 unspecified atom stereocenters. The molecule has 1 aromatic rings. The number of aliphatic hydroxyl groups is 1. The highest BCUT2D eigenvalue weighted by Crippen LogP contribution is 2.34. The second-order valence-electron chi connectivity index (χ2n) is 7.42. The Kier molecular flexibility index (Phi) is 6.30. The first kappa shape index (κ1) is 18.9. The van der Waals surface area contributed by atoms with Gasteiger partial charge >= 0.3 is 0 Å². The molecule has 142 valence electrons. The molecule has 1 aromatic carbocycles. The molecule has 2 aliphatic heterocycles. The predicted molar refractivity (Wildman–Crippen MR) is 101 cm³/mol. The average Bonchev–Trinajstić information content (AvgIpc) is 2.68. The van der Waals surface area contributed by atoms with Gasteiger partial charge in [0.2, 0.25) is 11.8 Å². The van der Waals surface area contributed by atoms with Crippen molar-refractivity contribution in [2.75, 3.05) is 26.2 Å². The molecule has 1 saturated carbocycles. The van der Waals surface area contributed by atoms with Gasteiger partial charge in [0.05, 0.1) is 12.6 Å². The second kappa shape index (κ2) is 8.67. The third-order valence-corrected chi connectivity index (χ3v) is 5.72. The van der Waals surface area contributed by atoms with Crippen LogP contribution in [0.15, 0.2) is 24.3 Å². The van der Waals surface area contributed by atoms with Crippen LogP contribution in [0.25, 0.3) is 0 Å². The van der Waals surface area contributed by atoms with Gasteiger partial charge in [-0.25, -0.2) is 0 Å². The van der Waals surface area contributed by atoms with Crippen molar-refractivity contribution in [1.29, 1.82) is 0 Å². The average molecular weight is 358 g/mol. The van der Waals surface area contributed by atoms with Crippen molar-refractivity contribution in [2.45, 2.75) is 51.5 Å². The van der Waals surface area contributed by atoms with Crippen molar-refractivity contribution < 1.29 is 14.7 Å². The third-order valence-electron chi connectivity index (χ3n) is 5.72.